The molecule has 0 bridgehead atoms. The molecule has 3 heterocycles. The van der Waals surface area contributed by atoms with Crippen LogP contribution < -0.4 is 25.5 Å². The van der Waals surface area contributed by atoms with Crippen molar-refractivity contribution in [3.05, 3.63) is 160 Å². The average Bonchev–Trinajstić information content (AvgIpc) is 3.66. The second kappa shape index (κ2) is 14.7. The monoisotopic (exact) mass is 921 g/mol. The Hall–Kier alpha value is -5.58. The third kappa shape index (κ3) is 6.77. The molecule has 8 aromatic rings. The normalized spacial score (nSPS) is 18.1. The number of aryl methyl sites for hydroxylation is 3. The number of benzene rings is 7. The van der Waals surface area contributed by atoms with Gasteiger partial charge in [0.1, 0.15) is 0 Å². The highest BCUT2D eigenvalue weighted by Crippen LogP contribution is 2.55. The zero-order chi connectivity index (χ0) is 48.5. The summed E-state index contributed by atoms with van der Waals surface area (Å²) < 4.78 is 2.87. The molecule has 0 N–H and O–H groups in total. The molecule has 0 amide bonds. The van der Waals surface area contributed by atoms with Gasteiger partial charge in [0.05, 0.1) is 11.4 Å². The molecule has 0 saturated carbocycles. The highest BCUT2D eigenvalue weighted by Gasteiger charge is 2.49. The molecule has 2 aliphatic carbocycles. The van der Waals surface area contributed by atoms with Gasteiger partial charge in [0, 0.05) is 43.2 Å². The van der Waals surface area contributed by atoms with Crippen molar-refractivity contribution in [3.8, 4) is 11.1 Å². The van der Waals surface area contributed by atoms with Crippen LogP contribution in [-0.2, 0) is 27.1 Å². The van der Waals surface area contributed by atoms with Gasteiger partial charge in [-0.1, -0.05) is 131 Å². The Morgan fingerprint density at radius 1 is 0.507 bits per heavy atom. The second-order valence-corrected chi connectivity index (χ2v) is 26.5. The summed E-state index contributed by atoms with van der Waals surface area (Å²) in [4.78, 5) is 5.42. The van der Waals surface area contributed by atoms with Gasteiger partial charge >= 0.3 is 0 Å². The number of thiophene rings is 1. The average molecular weight is 921 g/mol. The van der Waals surface area contributed by atoms with Crippen LogP contribution in [0.4, 0.5) is 34.1 Å². The molecule has 2 nitrogen and oxygen atoms in total. The summed E-state index contributed by atoms with van der Waals surface area (Å²) in [7, 11) is 0. The first-order valence-corrected chi connectivity index (χ1v) is 26.6. The first kappa shape index (κ1) is 44.6. The predicted molar refractivity (Wildman–Crippen MR) is 302 cm³/mol. The molecule has 4 heteroatoms. The number of anilines is 6. The SMILES string of the molecule is Cc1cc(C)cc(N2c3cc(C)cc4c3B(c3cc5c(cc3N4c3ccc(C(C)(C)C)cc3-c3ccc4ccccc4c3)C(C)(C)CCC5(C)C)c3sc4cc5c(cc4c32)C(C)(C)CCC5(C)C)c1. The number of hydrogen-bond donors (Lipinski definition) is 0. The van der Waals surface area contributed by atoms with Gasteiger partial charge in [-0.05, 0) is 206 Å². The van der Waals surface area contributed by atoms with Crippen molar-refractivity contribution in [2.24, 2.45) is 0 Å². The number of nitrogens with zero attached hydrogens (tertiary/aromatic N) is 2. The first-order chi connectivity index (χ1) is 32.5. The standard InChI is InChI=1S/C65H69BN2S/c1-38-27-39(2)29-45(28-38)67-55-30-40(3)31-56-58(55)66(60-59(67)47-34-48-51(37-57(47)69-60)65(13,14)26-23-62(48,7)8)52-35-49-50(64(11,12)25-24-63(49,9)10)36-54(52)68(56)53-22-21-44(61(4,5)6)33-46(53)43-20-19-41-17-15-16-18-42(41)32-43/h15-22,27-37H,23-26H2,1-14H3. The third-order valence-electron chi connectivity index (χ3n) is 17.4. The number of fused-ring (bicyclic) bond motifs is 9. The van der Waals surface area contributed by atoms with Crippen molar-refractivity contribution < 1.29 is 0 Å². The van der Waals surface area contributed by atoms with Crippen molar-refractivity contribution in [1.29, 1.82) is 0 Å². The van der Waals surface area contributed by atoms with Crippen LogP contribution in [0.5, 0.6) is 0 Å². The Morgan fingerprint density at radius 3 is 1.71 bits per heavy atom. The summed E-state index contributed by atoms with van der Waals surface area (Å²) in [6.45, 7) is 33.9. The lowest BCUT2D eigenvalue weighted by Crippen LogP contribution is -2.61. The van der Waals surface area contributed by atoms with E-state index in [4.69, 9.17) is 0 Å². The van der Waals surface area contributed by atoms with E-state index in [0.717, 1.165) is 0 Å². The lowest BCUT2D eigenvalue weighted by atomic mass is 9.35. The fraction of sp³-hybridized carbons (Fsp3) is 0.354. The Bertz CT molecular complexity index is 3480. The Labute approximate surface area is 416 Å². The summed E-state index contributed by atoms with van der Waals surface area (Å²) in [6, 6.07) is 46.2. The van der Waals surface area contributed by atoms with Crippen LogP contribution in [0.25, 0.3) is 32.0 Å². The molecular weight excluding hydrogens is 852 g/mol. The molecule has 1 aromatic heterocycles. The molecule has 0 radical (unpaired) electrons. The topological polar surface area (TPSA) is 6.48 Å². The maximum atomic E-state index is 2.72. The molecular formula is C65H69BN2S. The first-order valence-electron chi connectivity index (χ1n) is 25.8. The largest absolute Gasteiger partial charge is 0.311 e. The van der Waals surface area contributed by atoms with Gasteiger partial charge in [0.2, 0.25) is 0 Å². The van der Waals surface area contributed by atoms with Crippen LogP contribution in [0, 0.1) is 20.8 Å². The van der Waals surface area contributed by atoms with Crippen LogP contribution in [0.15, 0.2) is 115 Å². The van der Waals surface area contributed by atoms with Crippen molar-refractivity contribution in [1.82, 2.24) is 0 Å². The minimum atomic E-state index is -0.0279. The van der Waals surface area contributed by atoms with Gasteiger partial charge in [-0.2, -0.15) is 0 Å². The maximum Gasteiger partial charge on any atom is 0.264 e. The number of hydrogen-bond acceptors (Lipinski definition) is 3. The highest BCUT2D eigenvalue weighted by atomic mass is 32.1. The fourth-order valence-electron chi connectivity index (χ4n) is 13.1. The molecule has 0 fully saturated rings. The predicted octanol–water partition coefficient (Wildman–Crippen LogP) is 16.7. The van der Waals surface area contributed by atoms with Crippen molar-refractivity contribution in [2.45, 2.75) is 150 Å². The van der Waals surface area contributed by atoms with Gasteiger partial charge in [0.25, 0.3) is 6.71 Å². The third-order valence-corrected chi connectivity index (χ3v) is 18.6. The smallest absolute Gasteiger partial charge is 0.264 e. The summed E-state index contributed by atoms with van der Waals surface area (Å²) in [6.07, 6.45) is 4.74. The highest BCUT2D eigenvalue weighted by molar-refractivity contribution is 7.33. The summed E-state index contributed by atoms with van der Waals surface area (Å²) >= 11 is 2.07. The van der Waals surface area contributed by atoms with Crippen LogP contribution in [0.3, 0.4) is 0 Å². The van der Waals surface area contributed by atoms with Gasteiger partial charge in [0.15, 0.2) is 0 Å². The maximum absolute atomic E-state index is 2.72. The lowest BCUT2D eigenvalue weighted by Gasteiger charge is -2.47. The van der Waals surface area contributed by atoms with E-state index >= 15 is 0 Å². The van der Waals surface area contributed by atoms with Crippen molar-refractivity contribution in [2.75, 3.05) is 9.80 Å². The van der Waals surface area contributed by atoms with Crippen LogP contribution in [-0.4, -0.2) is 6.71 Å². The molecule has 0 unspecified atom stereocenters. The van der Waals surface area contributed by atoms with Crippen LogP contribution in [0.2, 0.25) is 0 Å². The molecule has 348 valence electrons. The van der Waals surface area contributed by atoms with E-state index in [-0.39, 0.29) is 33.8 Å². The molecule has 69 heavy (non-hydrogen) atoms. The zero-order valence-electron chi connectivity index (χ0n) is 43.7. The van der Waals surface area contributed by atoms with E-state index in [1.807, 2.05) is 0 Å². The van der Waals surface area contributed by atoms with Gasteiger partial charge in [-0.3, -0.25) is 0 Å². The zero-order valence-corrected chi connectivity index (χ0v) is 44.5. The van der Waals surface area contributed by atoms with E-state index in [1.165, 1.54) is 152 Å². The van der Waals surface area contributed by atoms with Gasteiger partial charge in [-0.15, -0.1) is 11.3 Å². The lowest BCUT2D eigenvalue weighted by molar-refractivity contribution is 0.332. The van der Waals surface area contributed by atoms with Gasteiger partial charge < -0.3 is 9.80 Å². The molecule has 0 saturated heterocycles. The molecule has 2 aliphatic heterocycles. The summed E-state index contributed by atoms with van der Waals surface area (Å²) in [5.41, 5.74) is 24.7. The minimum Gasteiger partial charge on any atom is -0.311 e. The Morgan fingerprint density at radius 2 is 1.07 bits per heavy atom. The fourth-order valence-corrected chi connectivity index (χ4v) is 14.5. The Balaban J connectivity index is 1.23. The molecule has 4 aliphatic rings. The second-order valence-electron chi connectivity index (χ2n) is 25.4. The van der Waals surface area contributed by atoms with E-state index in [0.29, 0.717) is 0 Å². The van der Waals surface area contributed by atoms with Crippen molar-refractivity contribution >= 4 is 88.7 Å². The minimum absolute atomic E-state index is 0.0279. The van der Waals surface area contributed by atoms with E-state index < -0.39 is 0 Å². The van der Waals surface area contributed by atoms with Crippen LogP contribution >= 0.6 is 11.3 Å². The summed E-state index contributed by atoms with van der Waals surface area (Å²) in [5.74, 6) is 0. The van der Waals surface area contributed by atoms with Crippen LogP contribution in [0.1, 0.15) is 146 Å². The van der Waals surface area contributed by atoms with Crippen molar-refractivity contribution in [3.63, 3.8) is 0 Å². The van der Waals surface area contributed by atoms with E-state index in [1.54, 1.807) is 0 Å². The molecule has 7 aromatic carbocycles. The number of rotatable bonds is 3. The van der Waals surface area contributed by atoms with E-state index in [9.17, 15) is 0 Å². The molecule has 0 spiro atoms. The summed E-state index contributed by atoms with van der Waals surface area (Å²) in [5, 5.41) is 3.93. The molecule has 12 rings (SSSR count). The molecule has 0 atom stereocenters. The van der Waals surface area contributed by atoms with E-state index in [2.05, 4.69) is 233 Å². The quantitative estimate of drug-likeness (QED) is 0.163. The Kier molecular flexibility index (Phi) is 9.53. The van der Waals surface area contributed by atoms with Gasteiger partial charge in [-0.25, -0.2) is 0 Å².